The monoisotopic (exact) mass is 355 g/mol. The summed E-state index contributed by atoms with van der Waals surface area (Å²) in [5, 5.41) is 11.1. The molecule has 0 radical (unpaired) electrons. The highest BCUT2D eigenvalue weighted by atomic mass is 16.6. The largest absolute Gasteiger partial charge is 0.466 e. The minimum absolute atomic E-state index is 0.0939. The van der Waals surface area contributed by atoms with Crippen molar-refractivity contribution in [3.63, 3.8) is 0 Å². The Labute approximate surface area is 150 Å². The van der Waals surface area contributed by atoms with E-state index in [1.165, 1.54) is 0 Å². The molecule has 1 saturated carbocycles. The van der Waals surface area contributed by atoms with Gasteiger partial charge in [-0.3, -0.25) is 4.79 Å². The van der Waals surface area contributed by atoms with Crippen molar-refractivity contribution >= 4 is 12.1 Å². The fourth-order valence-corrected chi connectivity index (χ4v) is 3.96. The summed E-state index contributed by atoms with van der Waals surface area (Å²) in [6.45, 7) is 8.75. The predicted octanol–water partition coefficient (Wildman–Crippen LogP) is 3.12. The molecule has 1 aliphatic heterocycles. The Morgan fingerprint density at radius 3 is 2.40 bits per heavy atom. The van der Waals surface area contributed by atoms with Gasteiger partial charge < -0.3 is 19.5 Å². The van der Waals surface area contributed by atoms with Crippen molar-refractivity contribution in [1.82, 2.24) is 4.90 Å². The maximum atomic E-state index is 12.2. The summed E-state index contributed by atoms with van der Waals surface area (Å²) < 4.78 is 10.6. The predicted molar refractivity (Wildman–Crippen MR) is 94.1 cm³/mol. The quantitative estimate of drug-likeness (QED) is 0.787. The van der Waals surface area contributed by atoms with Gasteiger partial charge in [0.25, 0.3) is 0 Å². The van der Waals surface area contributed by atoms with Gasteiger partial charge in [-0.15, -0.1) is 0 Å². The van der Waals surface area contributed by atoms with Crippen molar-refractivity contribution in [1.29, 1.82) is 0 Å². The van der Waals surface area contributed by atoms with Crippen molar-refractivity contribution in [2.75, 3.05) is 19.7 Å². The zero-order valence-electron chi connectivity index (χ0n) is 16.0. The Bertz CT molecular complexity index is 477. The van der Waals surface area contributed by atoms with Crippen molar-refractivity contribution < 1.29 is 24.2 Å². The highest BCUT2D eigenvalue weighted by Gasteiger charge is 2.44. The van der Waals surface area contributed by atoms with Gasteiger partial charge in [0.05, 0.1) is 18.1 Å². The van der Waals surface area contributed by atoms with Crippen LogP contribution in [-0.4, -0.2) is 53.0 Å². The number of carbonyl (C=O) groups excluding carboxylic acids is 2. The molecule has 1 saturated heterocycles. The molecular formula is C19H33NO5. The summed E-state index contributed by atoms with van der Waals surface area (Å²) in [7, 11) is 0. The molecule has 0 aromatic rings. The molecule has 25 heavy (non-hydrogen) atoms. The van der Waals surface area contributed by atoms with Crippen molar-refractivity contribution in [3.05, 3.63) is 0 Å². The molecule has 2 rings (SSSR count). The average molecular weight is 355 g/mol. The topological polar surface area (TPSA) is 76.1 Å². The number of hydrogen-bond acceptors (Lipinski definition) is 5. The summed E-state index contributed by atoms with van der Waals surface area (Å²) in [5.41, 5.74) is -1.31. The minimum Gasteiger partial charge on any atom is -0.466 e. The molecule has 2 fully saturated rings. The van der Waals surface area contributed by atoms with E-state index >= 15 is 0 Å². The number of hydrogen-bond donors (Lipinski definition) is 1. The third-order valence-electron chi connectivity index (χ3n) is 5.34. The Balaban J connectivity index is 1.91. The lowest BCUT2D eigenvalue weighted by Crippen LogP contribution is -2.52. The van der Waals surface area contributed by atoms with E-state index in [9.17, 15) is 14.7 Å². The van der Waals surface area contributed by atoms with Crippen molar-refractivity contribution in [2.45, 2.75) is 77.4 Å². The molecule has 2 aliphatic rings. The Morgan fingerprint density at radius 2 is 1.84 bits per heavy atom. The van der Waals surface area contributed by atoms with Gasteiger partial charge in [-0.05, 0) is 65.7 Å². The second-order valence-corrected chi connectivity index (χ2v) is 8.38. The number of carbonyl (C=O) groups is 2. The molecule has 0 aromatic heterocycles. The van der Waals surface area contributed by atoms with E-state index in [2.05, 4.69) is 0 Å². The van der Waals surface area contributed by atoms with Crippen LogP contribution in [0.15, 0.2) is 0 Å². The molecular weight excluding hydrogens is 322 g/mol. The molecule has 144 valence electrons. The van der Waals surface area contributed by atoms with Crippen LogP contribution >= 0.6 is 0 Å². The summed E-state index contributed by atoms with van der Waals surface area (Å²) in [5.74, 6) is -0.148. The normalized spacial score (nSPS) is 26.8. The van der Waals surface area contributed by atoms with Crippen LogP contribution < -0.4 is 0 Å². The molecule has 0 bridgehead atoms. The van der Waals surface area contributed by atoms with Crippen LogP contribution in [0.4, 0.5) is 4.79 Å². The number of ether oxygens (including phenoxy) is 2. The van der Waals surface area contributed by atoms with E-state index in [-0.39, 0.29) is 23.9 Å². The maximum absolute atomic E-state index is 12.2. The number of rotatable bonds is 3. The highest BCUT2D eigenvalue weighted by molar-refractivity contribution is 5.72. The molecule has 1 aliphatic carbocycles. The second kappa shape index (κ2) is 7.94. The first-order valence-corrected chi connectivity index (χ1v) is 9.51. The Hall–Kier alpha value is -1.30. The number of amides is 1. The SMILES string of the molecule is CCOC(=O)[C@@H]1CCC[C@H](C2(O)CCN(C(=O)OC(C)(C)C)CC2)C1. The van der Waals surface area contributed by atoms with Crippen LogP contribution in [0, 0.1) is 11.8 Å². The molecule has 1 amide bonds. The van der Waals surface area contributed by atoms with Crippen LogP contribution in [0.5, 0.6) is 0 Å². The summed E-state index contributed by atoms with van der Waals surface area (Å²) in [6, 6.07) is 0. The van der Waals surface area contributed by atoms with E-state index < -0.39 is 11.2 Å². The summed E-state index contributed by atoms with van der Waals surface area (Å²) >= 11 is 0. The first-order chi connectivity index (χ1) is 11.6. The van der Waals surface area contributed by atoms with Crippen LogP contribution in [0.1, 0.15) is 66.2 Å². The zero-order chi connectivity index (χ0) is 18.7. The molecule has 2 atom stereocenters. The number of esters is 1. The zero-order valence-corrected chi connectivity index (χ0v) is 16.0. The van der Waals surface area contributed by atoms with E-state index in [1.54, 1.807) is 4.90 Å². The maximum Gasteiger partial charge on any atom is 0.410 e. The lowest BCUT2D eigenvalue weighted by Gasteiger charge is -2.45. The summed E-state index contributed by atoms with van der Waals surface area (Å²) in [6.07, 6.45) is 4.14. The molecule has 0 aromatic carbocycles. The molecule has 0 spiro atoms. The minimum atomic E-state index is -0.802. The first kappa shape index (κ1) is 20.0. The first-order valence-electron chi connectivity index (χ1n) is 9.51. The van der Waals surface area contributed by atoms with Gasteiger partial charge in [0, 0.05) is 13.1 Å². The van der Waals surface area contributed by atoms with Gasteiger partial charge in [-0.25, -0.2) is 4.79 Å². The van der Waals surface area contributed by atoms with Crippen LogP contribution in [0.25, 0.3) is 0 Å². The number of nitrogens with zero attached hydrogens (tertiary/aromatic N) is 1. The fourth-order valence-electron chi connectivity index (χ4n) is 3.96. The number of likely N-dealkylation sites (tertiary alicyclic amines) is 1. The molecule has 6 heteroatoms. The van der Waals surface area contributed by atoms with Gasteiger partial charge in [-0.1, -0.05) is 6.42 Å². The van der Waals surface area contributed by atoms with E-state index in [1.807, 2.05) is 27.7 Å². The third kappa shape index (κ3) is 5.33. The Kier molecular flexibility index (Phi) is 6.35. The number of aliphatic hydroxyl groups is 1. The molecule has 0 unspecified atom stereocenters. The average Bonchev–Trinajstić information content (AvgIpc) is 2.54. The van der Waals surface area contributed by atoms with Gasteiger partial charge in [-0.2, -0.15) is 0 Å². The van der Waals surface area contributed by atoms with Crippen LogP contribution in [0.2, 0.25) is 0 Å². The highest BCUT2D eigenvalue weighted by Crippen LogP contribution is 2.41. The lowest BCUT2D eigenvalue weighted by molar-refractivity contribution is -0.152. The van der Waals surface area contributed by atoms with Crippen LogP contribution in [-0.2, 0) is 14.3 Å². The van der Waals surface area contributed by atoms with Gasteiger partial charge in [0.1, 0.15) is 5.60 Å². The smallest absolute Gasteiger partial charge is 0.410 e. The standard InChI is InChI=1S/C19H33NO5/c1-5-24-16(21)14-7-6-8-15(13-14)19(23)9-11-20(12-10-19)17(22)25-18(2,3)4/h14-15,23H,5-13H2,1-4H3/t14-,15+/m1/s1. The molecule has 1 heterocycles. The van der Waals surface area contributed by atoms with E-state index in [0.717, 1.165) is 19.3 Å². The lowest BCUT2D eigenvalue weighted by atomic mass is 9.69. The van der Waals surface area contributed by atoms with E-state index in [4.69, 9.17) is 9.47 Å². The number of piperidine rings is 1. The van der Waals surface area contributed by atoms with E-state index in [0.29, 0.717) is 39.0 Å². The van der Waals surface area contributed by atoms with Crippen molar-refractivity contribution in [2.24, 2.45) is 11.8 Å². The van der Waals surface area contributed by atoms with Gasteiger partial charge in [0.2, 0.25) is 0 Å². The fraction of sp³-hybridized carbons (Fsp3) is 0.895. The third-order valence-corrected chi connectivity index (χ3v) is 5.34. The molecule has 6 nitrogen and oxygen atoms in total. The van der Waals surface area contributed by atoms with Gasteiger partial charge >= 0.3 is 12.1 Å². The van der Waals surface area contributed by atoms with Crippen molar-refractivity contribution in [3.8, 4) is 0 Å². The Morgan fingerprint density at radius 1 is 1.20 bits per heavy atom. The molecule has 1 N–H and O–H groups in total. The second-order valence-electron chi connectivity index (χ2n) is 8.38. The summed E-state index contributed by atoms with van der Waals surface area (Å²) in [4.78, 5) is 25.9. The van der Waals surface area contributed by atoms with Crippen LogP contribution in [0.3, 0.4) is 0 Å². The van der Waals surface area contributed by atoms with Gasteiger partial charge in [0.15, 0.2) is 0 Å².